The lowest BCUT2D eigenvalue weighted by Crippen LogP contribution is -1.89. The molecule has 0 spiro atoms. The van der Waals surface area contributed by atoms with Gasteiger partial charge in [0.2, 0.25) is 0 Å². The van der Waals surface area contributed by atoms with E-state index in [2.05, 4.69) is 5.16 Å². The van der Waals surface area contributed by atoms with Crippen molar-refractivity contribution in [3.63, 3.8) is 0 Å². The predicted molar refractivity (Wildman–Crippen MR) is 76.8 cm³/mol. The third kappa shape index (κ3) is 3.26. The van der Waals surface area contributed by atoms with Crippen molar-refractivity contribution >= 4 is 17.8 Å². The van der Waals surface area contributed by atoms with Crippen LogP contribution in [0.25, 0.3) is 0 Å². The van der Waals surface area contributed by atoms with E-state index in [4.69, 9.17) is 21.5 Å². The second-order valence-electron chi connectivity index (χ2n) is 4.29. The van der Waals surface area contributed by atoms with Crippen molar-refractivity contribution < 1.29 is 9.94 Å². The van der Waals surface area contributed by atoms with Gasteiger partial charge in [0.05, 0.1) is 6.21 Å². The summed E-state index contributed by atoms with van der Waals surface area (Å²) in [7, 11) is 0. The minimum absolute atomic E-state index is 0.719. The van der Waals surface area contributed by atoms with E-state index in [1.807, 2.05) is 50.2 Å². The van der Waals surface area contributed by atoms with Crippen LogP contribution in [-0.4, -0.2) is 11.4 Å². The van der Waals surface area contributed by atoms with Gasteiger partial charge in [0, 0.05) is 5.02 Å². The molecule has 0 saturated carbocycles. The van der Waals surface area contributed by atoms with Crippen LogP contribution < -0.4 is 4.74 Å². The Morgan fingerprint density at radius 2 is 1.63 bits per heavy atom. The Morgan fingerprint density at radius 1 is 1.05 bits per heavy atom. The fraction of sp³-hybridized carbons (Fsp3) is 0.133. The van der Waals surface area contributed by atoms with Gasteiger partial charge in [-0.2, -0.15) is 0 Å². The smallest absolute Gasteiger partial charge is 0.128 e. The molecule has 0 radical (unpaired) electrons. The zero-order valence-corrected chi connectivity index (χ0v) is 11.5. The summed E-state index contributed by atoms with van der Waals surface area (Å²) >= 11 is 6.11. The Kier molecular flexibility index (Phi) is 4.07. The van der Waals surface area contributed by atoms with Gasteiger partial charge < -0.3 is 9.94 Å². The van der Waals surface area contributed by atoms with E-state index in [0.717, 1.165) is 33.2 Å². The lowest BCUT2D eigenvalue weighted by atomic mass is 10.1. The van der Waals surface area contributed by atoms with E-state index in [-0.39, 0.29) is 0 Å². The average Bonchev–Trinajstić information content (AvgIpc) is 2.38. The van der Waals surface area contributed by atoms with E-state index in [9.17, 15) is 0 Å². The molecule has 0 aliphatic heterocycles. The molecule has 2 rings (SSSR count). The molecule has 0 bridgehead atoms. The number of oxime groups is 1. The minimum atomic E-state index is 0.719. The first kappa shape index (κ1) is 13.4. The summed E-state index contributed by atoms with van der Waals surface area (Å²) in [5, 5.41) is 12.2. The Bertz CT molecular complexity index is 583. The van der Waals surface area contributed by atoms with Gasteiger partial charge >= 0.3 is 0 Å². The highest BCUT2D eigenvalue weighted by molar-refractivity contribution is 6.32. The number of nitrogens with zero attached hydrogens (tertiary/aromatic N) is 1. The van der Waals surface area contributed by atoms with Crippen molar-refractivity contribution in [3.8, 4) is 11.5 Å². The molecule has 0 unspecified atom stereocenters. The normalized spacial score (nSPS) is 10.9. The van der Waals surface area contributed by atoms with Crippen molar-refractivity contribution in [1.29, 1.82) is 0 Å². The second-order valence-corrected chi connectivity index (χ2v) is 4.66. The van der Waals surface area contributed by atoms with Gasteiger partial charge in [0.25, 0.3) is 0 Å². The van der Waals surface area contributed by atoms with Gasteiger partial charge in [0.15, 0.2) is 0 Å². The molecule has 0 aliphatic carbocycles. The molecule has 0 atom stereocenters. The van der Waals surface area contributed by atoms with Gasteiger partial charge in [-0.1, -0.05) is 16.8 Å². The summed E-state index contributed by atoms with van der Waals surface area (Å²) < 4.78 is 5.76. The molecule has 19 heavy (non-hydrogen) atoms. The summed E-state index contributed by atoms with van der Waals surface area (Å²) in [4.78, 5) is 0. The van der Waals surface area contributed by atoms with E-state index < -0.39 is 0 Å². The summed E-state index contributed by atoms with van der Waals surface area (Å²) in [5.41, 5.74) is 2.78. The lowest BCUT2D eigenvalue weighted by Gasteiger charge is -2.09. The molecule has 0 aliphatic rings. The summed E-state index contributed by atoms with van der Waals surface area (Å²) in [6, 6.07) is 11.1. The molecule has 98 valence electrons. The number of hydrogen-bond acceptors (Lipinski definition) is 3. The molecule has 2 aromatic carbocycles. The fourth-order valence-corrected chi connectivity index (χ4v) is 1.90. The maximum atomic E-state index is 8.44. The van der Waals surface area contributed by atoms with Crippen LogP contribution in [0.2, 0.25) is 5.02 Å². The van der Waals surface area contributed by atoms with Crippen LogP contribution in [0.5, 0.6) is 11.5 Å². The molecule has 0 heterocycles. The molecule has 0 aromatic heterocycles. The fourth-order valence-electron chi connectivity index (χ4n) is 1.79. The van der Waals surface area contributed by atoms with Crippen molar-refractivity contribution in [1.82, 2.24) is 0 Å². The maximum absolute atomic E-state index is 8.44. The molecule has 1 N–H and O–H groups in total. The van der Waals surface area contributed by atoms with Crippen molar-refractivity contribution in [2.75, 3.05) is 0 Å². The van der Waals surface area contributed by atoms with Crippen LogP contribution in [0.15, 0.2) is 41.6 Å². The first-order valence-electron chi connectivity index (χ1n) is 5.82. The zero-order valence-electron chi connectivity index (χ0n) is 10.7. The van der Waals surface area contributed by atoms with E-state index >= 15 is 0 Å². The van der Waals surface area contributed by atoms with E-state index in [1.165, 1.54) is 6.21 Å². The third-order valence-electron chi connectivity index (χ3n) is 2.73. The van der Waals surface area contributed by atoms with Crippen LogP contribution in [0.1, 0.15) is 16.7 Å². The van der Waals surface area contributed by atoms with Crippen LogP contribution >= 0.6 is 11.6 Å². The van der Waals surface area contributed by atoms with Crippen molar-refractivity contribution in [2.45, 2.75) is 13.8 Å². The van der Waals surface area contributed by atoms with Gasteiger partial charge in [-0.3, -0.25) is 0 Å². The Balaban J connectivity index is 2.21. The van der Waals surface area contributed by atoms with E-state index in [1.54, 1.807) is 0 Å². The lowest BCUT2D eigenvalue weighted by molar-refractivity contribution is 0.322. The Hall–Kier alpha value is -2.00. The highest BCUT2D eigenvalue weighted by Gasteiger charge is 2.04. The first-order chi connectivity index (χ1) is 9.10. The standard InChI is InChI=1S/C15H14ClNO2/c1-10-7-14(8-11(2)15(10)16)19-13-5-3-12(4-6-13)9-17-18/h3-9,18H,1-2H3/b17-9+. The number of benzene rings is 2. The summed E-state index contributed by atoms with van der Waals surface area (Å²) in [6.45, 7) is 3.89. The zero-order chi connectivity index (χ0) is 13.8. The van der Waals surface area contributed by atoms with Crippen LogP contribution in [0.4, 0.5) is 0 Å². The summed E-state index contributed by atoms with van der Waals surface area (Å²) in [6.07, 6.45) is 1.36. The quantitative estimate of drug-likeness (QED) is 0.507. The van der Waals surface area contributed by atoms with Gasteiger partial charge in [0.1, 0.15) is 11.5 Å². The molecule has 2 aromatic rings. The van der Waals surface area contributed by atoms with E-state index in [0.29, 0.717) is 0 Å². The van der Waals surface area contributed by atoms with Gasteiger partial charge in [-0.15, -0.1) is 0 Å². The monoisotopic (exact) mass is 275 g/mol. The van der Waals surface area contributed by atoms with Crippen molar-refractivity contribution in [2.24, 2.45) is 5.16 Å². The largest absolute Gasteiger partial charge is 0.457 e. The molecule has 3 nitrogen and oxygen atoms in total. The number of halogens is 1. The number of rotatable bonds is 3. The molecule has 0 fully saturated rings. The maximum Gasteiger partial charge on any atom is 0.128 e. The van der Waals surface area contributed by atoms with Gasteiger partial charge in [-0.25, -0.2) is 0 Å². The minimum Gasteiger partial charge on any atom is -0.457 e. The molecular formula is C15H14ClNO2. The predicted octanol–water partition coefficient (Wildman–Crippen LogP) is 4.56. The highest BCUT2D eigenvalue weighted by atomic mass is 35.5. The van der Waals surface area contributed by atoms with Crippen LogP contribution in [0.3, 0.4) is 0 Å². The third-order valence-corrected chi connectivity index (χ3v) is 3.33. The van der Waals surface area contributed by atoms with Crippen molar-refractivity contribution in [3.05, 3.63) is 58.1 Å². The Labute approximate surface area is 117 Å². The molecular weight excluding hydrogens is 262 g/mol. The molecule has 0 saturated heterocycles. The van der Waals surface area contributed by atoms with Gasteiger partial charge in [-0.05, 0) is 66.9 Å². The topological polar surface area (TPSA) is 41.8 Å². The summed E-state index contributed by atoms with van der Waals surface area (Å²) in [5.74, 6) is 1.47. The Morgan fingerprint density at radius 3 is 2.16 bits per heavy atom. The molecule has 0 amide bonds. The second kappa shape index (κ2) is 5.76. The van der Waals surface area contributed by atoms with Crippen LogP contribution in [-0.2, 0) is 0 Å². The first-order valence-corrected chi connectivity index (χ1v) is 6.20. The number of hydrogen-bond donors (Lipinski definition) is 1. The number of ether oxygens (including phenoxy) is 1. The highest BCUT2D eigenvalue weighted by Crippen LogP contribution is 2.29. The molecule has 4 heteroatoms. The SMILES string of the molecule is Cc1cc(Oc2ccc(/C=N/O)cc2)cc(C)c1Cl. The van der Waals surface area contributed by atoms with Crippen LogP contribution in [0, 0.1) is 13.8 Å². The average molecular weight is 276 g/mol. The number of aryl methyl sites for hydroxylation is 2.